The number of nitrogens with zero attached hydrogens (tertiary/aromatic N) is 4. The number of methoxy groups -OCH3 is 2. The quantitative estimate of drug-likeness (QED) is 0.824. The Morgan fingerprint density at radius 2 is 1.85 bits per heavy atom. The van der Waals surface area contributed by atoms with Gasteiger partial charge in [0, 0.05) is 50.7 Å². The van der Waals surface area contributed by atoms with Crippen LogP contribution in [0.2, 0.25) is 0 Å². The van der Waals surface area contributed by atoms with Crippen LogP contribution < -0.4 is 14.4 Å². The van der Waals surface area contributed by atoms with Gasteiger partial charge in [0.15, 0.2) is 0 Å². The third-order valence-electron chi connectivity index (χ3n) is 5.64. The van der Waals surface area contributed by atoms with Crippen LogP contribution in [-0.4, -0.2) is 54.6 Å². The zero-order chi connectivity index (χ0) is 19.0. The molecule has 2 aliphatic rings. The van der Waals surface area contributed by atoms with Gasteiger partial charge in [0.25, 0.3) is 0 Å². The summed E-state index contributed by atoms with van der Waals surface area (Å²) in [6, 6.07) is 9.85. The standard InChI is InChI=1S/C20H24N4O3/c1-13(25)24-11-15-10-23(20-21-9-8-18(22-20)27-3)12-17(15)19(24)14-4-6-16(26-2)7-5-14/h4-9,15,17,19H,10-12H2,1-3H3/t15-,17-,19+/m1/s1. The molecule has 0 aliphatic carbocycles. The molecule has 0 radical (unpaired) electrons. The molecule has 2 fully saturated rings. The lowest BCUT2D eigenvalue weighted by Gasteiger charge is -2.29. The monoisotopic (exact) mass is 368 g/mol. The third kappa shape index (κ3) is 3.18. The van der Waals surface area contributed by atoms with E-state index in [1.165, 1.54) is 0 Å². The summed E-state index contributed by atoms with van der Waals surface area (Å²) >= 11 is 0. The van der Waals surface area contributed by atoms with Crippen molar-refractivity contribution in [2.45, 2.75) is 13.0 Å². The number of hydrogen-bond donors (Lipinski definition) is 0. The Labute approximate surface area is 158 Å². The number of rotatable bonds is 4. The van der Waals surface area contributed by atoms with E-state index in [0.717, 1.165) is 30.9 Å². The second-order valence-corrected chi connectivity index (χ2v) is 7.12. The Kier molecular flexibility index (Phi) is 4.59. The third-order valence-corrected chi connectivity index (χ3v) is 5.64. The molecule has 2 saturated heterocycles. The second kappa shape index (κ2) is 7.06. The molecule has 7 nitrogen and oxygen atoms in total. The van der Waals surface area contributed by atoms with Gasteiger partial charge < -0.3 is 19.3 Å². The molecule has 1 amide bonds. The highest BCUT2D eigenvalue weighted by atomic mass is 16.5. The van der Waals surface area contributed by atoms with Crippen molar-refractivity contribution in [2.75, 3.05) is 38.8 Å². The summed E-state index contributed by atoms with van der Waals surface area (Å²) in [5.74, 6) is 2.93. The molecule has 0 unspecified atom stereocenters. The van der Waals surface area contributed by atoms with Crippen LogP contribution in [-0.2, 0) is 4.79 Å². The molecule has 3 heterocycles. The predicted octanol–water partition coefficient (Wildman–Crippen LogP) is 2.15. The average Bonchev–Trinajstić information content (AvgIpc) is 3.26. The van der Waals surface area contributed by atoms with Gasteiger partial charge in [-0.3, -0.25) is 4.79 Å². The fraction of sp³-hybridized carbons (Fsp3) is 0.450. The molecule has 0 spiro atoms. The number of hydrogen-bond acceptors (Lipinski definition) is 6. The van der Waals surface area contributed by atoms with Crippen LogP contribution in [0.4, 0.5) is 5.95 Å². The molecule has 0 saturated carbocycles. The van der Waals surface area contributed by atoms with Crippen LogP contribution in [0.3, 0.4) is 0 Å². The summed E-state index contributed by atoms with van der Waals surface area (Å²) in [6.07, 6.45) is 1.72. The Hall–Kier alpha value is -2.83. The van der Waals surface area contributed by atoms with Crippen molar-refractivity contribution in [3.8, 4) is 11.6 Å². The molecular weight excluding hydrogens is 344 g/mol. The van der Waals surface area contributed by atoms with Crippen molar-refractivity contribution >= 4 is 11.9 Å². The van der Waals surface area contributed by atoms with Gasteiger partial charge in [0.05, 0.1) is 20.3 Å². The van der Waals surface area contributed by atoms with E-state index in [2.05, 4.69) is 27.0 Å². The Bertz CT molecular complexity index is 826. The first kappa shape index (κ1) is 17.6. The fourth-order valence-electron chi connectivity index (χ4n) is 4.36. The molecule has 1 aromatic carbocycles. The van der Waals surface area contributed by atoms with Gasteiger partial charge in [0.2, 0.25) is 17.7 Å². The lowest BCUT2D eigenvalue weighted by atomic mass is 9.89. The molecule has 2 aromatic rings. The number of benzene rings is 1. The average molecular weight is 368 g/mol. The second-order valence-electron chi connectivity index (χ2n) is 7.12. The van der Waals surface area contributed by atoms with E-state index in [0.29, 0.717) is 23.7 Å². The zero-order valence-corrected chi connectivity index (χ0v) is 15.8. The van der Waals surface area contributed by atoms with Gasteiger partial charge in [-0.1, -0.05) is 12.1 Å². The van der Waals surface area contributed by atoms with Gasteiger partial charge in [-0.15, -0.1) is 0 Å². The van der Waals surface area contributed by atoms with E-state index in [1.54, 1.807) is 33.4 Å². The van der Waals surface area contributed by atoms with Gasteiger partial charge in [0.1, 0.15) is 5.75 Å². The van der Waals surface area contributed by atoms with Gasteiger partial charge in [-0.05, 0) is 17.7 Å². The first-order valence-corrected chi connectivity index (χ1v) is 9.14. The molecule has 27 heavy (non-hydrogen) atoms. The molecule has 1 aromatic heterocycles. The Morgan fingerprint density at radius 1 is 1.07 bits per heavy atom. The smallest absolute Gasteiger partial charge is 0.228 e. The van der Waals surface area contributed by atoms with Gasteiger partial charge >= 0.3 is 0 Å². The maximum atomic E-state index is 12.3. The lowest BCUT2D eigenvalue weighted by molar-refractivity contribution is -0.130. The summed E-state index contributed by atoms with van der Waals surface area (Å²) in [5.41, 5.74) is 1.15. The SMILES string of the molecule is COc1ccc([C@H]2[C@@H]3CN(c4nccc(OC)n4)C[C@@H]3CN2C(C)=O)cc1. The number of amides is 1. The largest absolute Gasteiger partial charge is 0.497 e. The van der Waals surface area contributed by atoms with Crippen molar-refractivity contribution in [3.05, 3.63) is 42.1 Å². The van der Waals surface area contributed by atoms with Crippen LogP contribution in [0.25, 0.3) is 0 Å². The predicted molar refractivity (Wildman–Crippen MR) is 101 cm³/mol. The number of carbonyl (C=O) groups excluding carboxylic acids is 1. The van der Waals surface area contributed by atoms with Crippen molar-refractivity contribution in [3.63, 3.8) is 0 Å². The Morgan fingerprint density at radius 3 is 2.52 bits per heavy atom. The fourth-order valence-corrected chi connectivity index (χ4v) is 4.36. The van der Waals surface area contributed by atoms with Crippen molar-refractivity contribution < 1.29 is 14.3 Å². The zero-order valence-electron chi connectivity index (χ0n) is 15.8. The van der Waals surface area contributed by atoms with Crippen LogP contribution in [0.15, 0.2) is 36.5 Å². The maximum absolute atomic E-state index is 12.3. The number of carbonyl (C=O) groups is 1. The number of likely N-dealkylation sites (tertiary alicyclic amines) is 1. The van der Waals surface area contributed by atoms with Crippen LogP contribution in [0.5, 0.6) is 11.6 Å². The molecule has 142 valence electrons. The molecular formula is C20H24N4O3. The summed E-state index contributed by atoms with van der Waals surface area (Å²) in [6.45, 7) is 4.07. The topological polar surface area (TPSA) is 67.8 Å². The number of anilines is 1. The molecule has 3 atom stereocenters. The normalized spacial score (nSPS) is 24.0. The molecule has 2 aliphatic heterocycles. The van der Waals surface area contributed by atoms with E-state index in [9.17, 15) is 4.79 Å². The molecule has 0 bridgehead atoms. The number of fused-ring (bicyclic) bond motifs is 1. The highest BCUT2D eigenvalue weighted by molar-refractivity contribution is 5.74. The molecule has 7 heteroatoms. The van der Waals surface area contributed by atoms with Crippen molar-refractivity contribution in [1.82, 2.24) is 14.9 Å². The highest BCUT2D eigenvalue weighted by Crippen LogP contribution is 2.45. The van der Waals surface area contributed by atoms with E-state index < -0.39 is 0 Å². The first-order chi connectivity index (χ1) is 13.1. The molecule has 4 rings (SSSR count). The first-order valence-electron chi connectivity index (χ1n) is 9.14. The van der Waals surface area contributed by atoms with E-state index in [-0.39, 0.29) is 11.9 Å². The summed E-state index contributed by atoms with van der Waals surface area (Å²) in [5, 5.41) is 0. The minimum Gasteiger partial charge on any atom is -0.497 e. The van der Waals surface area contributed by atoms with Gasteiger partial charge in [-0.2, -0.15) is 4.98 Å². The lowest BCUT2D eigenvalue weighted by Crippen LogP contribution is -2.34. The maximum Gasteiger partial charge on any atom is 0.228 e. The van der Waals surface area contributed by atoms with Crippen LogP contribution >= 0.6 is 0 Å². The summed E-state index contributed by atoms with van der Waals surface area (Å²) < 4.78 is 10.5. The van der Waals surface area contributed by atoms with Crippen molar-refractivity contribution in [1.29, 1.82) is 0 Å². The van der Waals surface area contributed by atoms with E-state index in [1.807, 2.05) is 17.0 Å². The summed E-state index contributed by atoms with van der Waals surface area (Å²) in [4.78, 5) is 25.3. The van der Waals surface area contributed by atoms with E-state index in [4.69, 9.17) is 9.47 Å². The summed E-state index contributed by atoms with van der Waals surface area (Å²) in [7, 11) is 3.26. The molecule has 0 N–H and O–H groups in total. The van der Waals surface area contributed by atoms with Crippen molar-refractivity contribution in [2.24, 2.45) is 11.8 Å². The number of aromatic nitrogens is 2. The van der Waals surface area contributed by atoms with Crippen LogP contribution in [0, 0.1) is 11.8 Å². The minimum absolute atomic E-state index is 0.0639. The Balaban J connectivity index is 1.60. The van der Waals surface area contributed by atoms with E-state index >= 15 is 0 Å². The van der Waals surface area contributed by atoms with Gasteiger partial charge in [-0.25, -0.2) is 4.98 Å². The number of ether oxygens (including phenoxy) is 2. The minimum atomic E-state index is 0.0639. The highest BCUT2D eigenvalue weighted by Gasteiger charge is 2.49. The van der Waals surface area contributed by atoms with Crippen LogP contribution in [0.1, 0.15) is 18.5 Å².